The quantitative estimate of drug-likeness (QED) is 0.643. The van der Waals surface area contributed by atoms with Gasteiger partial charge in [0.1, 0.15) is 18.1 Å². The predicted octanol–water partition coefficient (Wildman–Crippen LogP) is 4.86. The van der Waals surface area contributed by atoms with Gasteiger partial charge in [-0.3, -0.25) is 0 Å². The zero-order chi connectivity index (χ0) is 14.4. The molecule has 0 aliphatic carbocycles. The monoisotopic (exact) mass is 297 g/mol. The molecule has 1 aliphatic heterocycles. The van der Waals surface area contributed by atoms with E-state index < -0.39 is 0 Å². The number of aryl methyl sites for hydroxylation is 1. The summed E-state index contributed by atoms with van der Waals surface area (Å²) >= 11 is 6.03. The average Bonchev–Trinajstić information content (AvgIpc) is 2.92. The van der Waals surface area contributed by atoms with Crippen molar-refractivity contribution in [3.05, 3.63) is 58.8 Å². The van der Waals surface area contributed by atoms with E-state index in [0.717, 1.165) is 33.9 Å². The van der Waals surface area contributed by atoms with Gasteiger partial charge in [0.25, 0.3) is 0 Å². The summed E-state index contributed by atoms with van der Waals surface area (Å²) in [6.07, 6.45) is 0. The minimum atomic E-state index is 0.377. The Balaban J connectivity index is 1.92. The highest BCUT2D eigenvalue weighted by atomic mass is 35.5. The van der Waals surface area contributed by atoms with Crippen molar-refractivity contribution >= 4 is 11.6 Å². The lowest BCUT2D eigenvalue weighted by Crippen LogP contribution is -2.03. The third-order valence-electron chi connectivity index (χ3n) is 3.66. The second kappa shape index (κ2) is 4.64. The lowest BCUT2D eigenvalue weighted by Gasteiger charge is -2.17. The van der Waals surface area contributed by atoms with Gasteiger partial charge < -0.3 is 9.26 Å². The molecule has 21 heavy (non-hydrogen) atoms. The third kappa shape index (κ3) is 2.01. The van der Waals surface area contributed by atoms with Crippen molar-refractivity contribution in [1.82, 2.24) is 5.16 Å². The fraction of sp³-hybridized carbons (Fsp3) is 0.118. The Kier molecular flexibility index (Phi) is 2.76. The van der Waals surface area contributed by atoms with Crippen molar-refractivity contribution in [3.63, 3.8) is 0 Å². The van der Waals surface area contributed by atoms with Gasteiger partial charge in [0, 0.05) is 16.1 Å². The molecule has 0 bridgehead atoms. The molecule has 0 saturated heterocycles. The summed E-state index contributed by atoms with van der Waals surface area (Å²) in [5, 5.41) is 4.89. The predicted molar refractivity (Wildman–Crippen MR) is 81.5 cm³/mol. The Morgan fingerprint density at radius 2 is 1.90 bits per heavy atom. The average molecular weight is 298 g/mol. The maximum Gasteiger partial charge on any atom is 0.182 e. The van der Waals surface area contributed by atoms with Crippen LogP contribution in [0.15, 0.2) is 47.0 Å². The molecule has 0 unspecified atom stereocenters. The zero-order valence-electron chi connectivity index (χ0n) is 11.4. The van der Waals surface area contributed by atoms with Gasteiger partial charge in [0.15, 0.2) is 5.76 Å². The van der Waals surface area contributed by atoms with Crippen LogP contribution in [-0.2, 0) is 6.61 Å². The minimum Gasteiger partial charge on any atom is -0.485 e. The van der Waals surface area contributed by atoms with E-state index >= 15 is 0 Å². The van der Waals surface area contributed by atoms with Crippen molar-refractivity contribution in [3.8, 4) is 28.1 Å². The Morgan fingerprint density at radius 3 is 2.71 bits per heavy atom. The van der Waals surface area contributed by atoms with Crippen molar-refractivity contribution in [1.29, 1.82) is 0 Å². The Morgan fingerprint density at radius 1 is 1.10 bits per heavy atom. The van der Waals surface area contributed by atoms with Crippen LogP contribution in [0.4, 0.5) is 0 Å². The number of aromatic nitrogens is 1. The van der Waals surface area contributed by atoms with E-state index in [1.54, 1.807) is 0 Å². The van der Waals surface area contributed by atoms with E-state index in [9.17, 15) is 0 Å². The lowest BCUT2D eigenvalue weighted by atomic mass is 9.97. The molecule has 0 fully saturated rings. The molecule has 104 valence electrons. The second-order valence-electron chi connectivity index (χ2n) is 5.12. The van der Waals surface area contributed by atoms with Crippen LogP contribution < -0.4 is 4.74 Å². The topological polar surface area (TPSA) is 35.3 Å². The largest absolute Gasteiger partial charge is 0.485 e. The van der Waals surface area contributed by atoms with Crippen LogP contribution >= 0.6 is 11.6 Å². The first-order valence-electron chi connectivity index (χ1n) is 6.71. The third-order valence-corrected chi connectivity index (χ3v) is 3.89. The highest BCUT2D eigenvalue weighted by molar-refractivity contribution is 6.30. The van der Waals surface area contributed by atoms with Crippen molar-refractivity contribution in [2.24, 2.45) is 0 Å². The number of hydrogen-bond acceptors (Lipinski definition) is 3. The number of halogens is 1. The van der Waals surface area contributed by atoms with E-state index in [1.807, 2.05) is 18.2 Å². The molecule has 3 aromatic rings. The molecule has 0 radical (unpaired) electrons. The number of hydrogen-bond donors (Lipinski definition) is 0. The molecular formula is C17H12ClNO2. The molecule has 0 saturated carbocycles. The van der Waals surface area contributed by atoms with E-state index in [4.69, 9.17) is 20.9 Å². The highest BCUT2D eigenvalue weighted by Gasteiger charge is 2.26. The molecular weight excluding hydrogens is 286 g/mol. The van der Waals surface area contributed by atoms with Gasteiger partial charge >= 0.3 is 0 Å². The summed E-state index contributed by atoms with van der Waals surface area (Å²) in [6, 6.07) is 13.9. The second-order valence-corrected chi connectivity index (χ2v) is 5.56. The molecule has 2 heterocycles. The van der Waals surface area contributed by atoms with Gasteiger partial charge in [-0.15, -0.1) is 0 Å². The van der Waals surface area contributed by atoms with Crippen molar-refractivity contribution in [2.75, 3.05) is 0 Å². The summed E-state index contributed by atoms with van der Waals surface area (Å²) in [4.78, 5) is 0. The molecule has 0 N–H and O–H groups in total. The molecule has 0 amide bonds. The summed E-state index contributed by atoms with van der Waals surface area (Å²) in [7, 11) is 0. The molecule has 3 nitrogen and oxygen atoms in total. The van der Waals surface area contributed by atoms with E-state index in [0.29, 0.717) is 11.6 Å². The number of fused-ring (bicyclic) bond motifs is 3. The molecule has 2 aromatic carbocycles. The van der Waals surface area contributed by atoms with E-state index in [-0.39, 0.29) is 0 Å². The first-order valence-corrected chi connectivity index (χ1v) is 7.08. The summed E-state index contributed by atoms with van der Waals surface area (Å²) < 4.78 is 11.1. The van der Waals surface area contributed by atoms with Gasteiger partial charge in [-0.1, -0.05) is 46.6 Å². The minimum absolute atomic E-state index is 0.377. The maximum absolute atomic E-state index is 6.03. The molecule has 1 aromatic heterocycles. The van der Waals surface area contributed by atoms with Crippen LogP contribution in [0.2, 0.25) is 5.02 Å². The van der Waals surface area contributed by atoms with Gasteiger partial charge in [-0.25, -0.2) is 0 Å². The maximum atomic E-state index is 6.03. The highest BCUT2D eigenvalue weighted by Crippen LogP contribution is 2.43. The van der Waals surface area contributed by atoms with Crippen LogP contribution in [0.5, 0.6) is 5.75 Å². The van der Waals surface area contributed by atoms with E-state index in [2.05, 4.69) is 36.3 Å². The Hall–Kier alpha value is -2.26. The van der Waals surface area contributed by atoms with Crippen LogP contribution in [0.25, 0.3) is 22.4 Å². The number of rotatable bonds is 1. The summed E-state index contributed by atoms with van der Waals surface area (Å²) in [5.41, 5.74) is 5.06. The number of ether oxygens (including phenoxy) is 1. The molecule has 4 rings (SSSR count). The Labute approximate surface area is 127 Å². The van der Waals surface area contributed by atoms with Crippen LogP contribution in [0.1, 0.15) is 11.3 Å². The fourth-order valence-corrected chi connectivity index (χ4v) is 2.74. The van der Waals surface area contributed by atoms with Crippen molar-refractivity contribution < 1.29 is 9.26 Å². The van der Waals surface area contributed by atoms with Crippen molar-refractivity contribution in [2.45, 2.75) is 13.5 Å². The number of nitrogens with zero attached hydrogens (tertiary/aromatic N) is 1. The van der Waals surface area contributed by atoms with Crippen LogP contribution in [0, 0.1) is 6.92 Å². The summed E-state index contributed by atoms with van der Waals surface area (Å²) in [6.45, 7) is 2.44. The zero-order valence-corrected chi connectivity index (χ0v) is 12.1. The van der Waals surface area contributed by atoms with E-state index in [1.165, 1.54) is 5.56 Å². The van der Waals surface area contributed by atoms with Gasteiger partial charge in [0.05, 0.1) is 5.56 Å². The van der Waals surface area contributed by atoms with Gasteiger partial charge in [0.2, 0.25) is 0 Å². The standard InChI is InChI=1S/C17H12ClNO2/c1-10-2-4-11(5-3-10)17-16-13-7-6-12(18)8-14(13)20-9-15(16)21-19-17/h2-8H,9H2,1H3. The molecule has 4 heteroatoms. The fourth-order valence-electron chi connectivity index (χ4n) is 2.57. The SMILES string of the molecule is Cc1ccc(-c2noc3c2-c2ccc(Cl)cc2OC3)cc1. The number of benzene rings is 2. The van der Waals surface area contributed by atoms with Crippen LogP contribution in [-0.4, -0.2) is 5.16 Å². The smallest absolute Gasteiger partial charge is 0.182 e. The first-order chi connectivity index (χ1) is 10.2. The first kappa shape index (κ1) is 12.5. The Bertz CT molecular complexity index is 821. The molecule has 0 spiro atoms. The van der Waals surface area contributed by atoms with Gasteiger partial charge in [-0.2, -0.15) is 0 Å². The van der Waals surface area contributed by atoms with Gasteiger partial charge in [-0.05, 0) is 25.1 Å². The van der Waals surface area contributed by atoms with Crippen LogP contribution in [0.3, 0.4) is 0 Å². The summed E-state index contributed by atoms with van der Waals surface area (Å²) in [5.74, 6) is 1.52. The normalized spacial score (nSPS) is 12.5. The lowest BCUT2D eigenvalue weighted by molar-refractivity contribution is 0.246. The molecule has 1 aliphatic rings. The molecule has 0 atom stereocenters.